The number of hydrogen-bond donors (Lipinski definition) is 1. The molecule has 19 heavy (non-hydrogen) atoms. The molecule has 0 atom stereocenters. The third-order valence-electron chi connectivity index (χ3n) is 3.52. The number of carbonyl (C=O) groups excluding carboxylic acids is 2. The van der Waals surface area contributed by atoms with Crippen LogP contribution in [0.25, 0.3) is 0 Å². The van der Waals surface area contributed by atoms with E-state index in [0.29, 0.717) is 6.54 Å². The van der Waals surface area contributed by atoms with Gasteiger partial charge in [-0.15, -0.1) is 0 Å². The van der Waals surface area contributed by atoms with Gasteiger partial charge in [-0.05, 0) is 38.5 Å². The molecule has 1 N–H and O–H groups in total. The Balaban J connectivity index is 0.00000324. The maximum absolute atomic E-state index is 11.5. The fourth-order valence-electron chi connectivity index (χ4n) is 2.34. The molecule has 1 saturated carbocycles. The van der Waals surface area contributed by atoms with Crippen molar-refractivity contribution in [2.45, 2.75) is 32.6 Å². The summed E-state index contributed by atoms with van der Waals surface area (Å²) in [4.78, 5) is 21.3. The van der Waals surface area contributed by atoms with Gasteiger partial charge in [0.05, 0.1) is 0 Å². The fraction of sp³-hybridized carbons (Fsp3) is 0.818. The minimum absolute atomic E-state index is 0. The molecule has 6 nitrogen and oxygen atoms in total. The average Bonchev–Trinajstić information content (AvgIpc) is 2.29. The molecule has 1 amide bonds. The predicted molar refractivity (Wildman–Crippen MR) is 66.5 cm³/mol. The first-order valence-corrected chi connectivity index (χ1v) is 7.41. The largest absolute Gasteiger partial charge is 0.519 e. The number of nitrogens with zero attached hydrogens (tertiary/aromatic N) is 1. The van der Waals surface area contributed by atoms with E-state index >= 15 is 0 Å². The second-order valence-corrected chi connectivity index (χ2v) is 6.60. The van der Waals surface area contributed by atoms with Gasteiger partial charge in [-0.25, -0.2) is 0 Å². The minimum Gasteiger partial charge on any atom is -0.519 e. The van der Waals surface area contributed by atoms with Gasteiger partial charge in [-0.3, -0.25) is 4.79 Å². The maximum Gasteiger partial charge on any atom is 0.273 e. The molecule has 8 heteroatoms. The summed E-state index contributed by atoms with van der Waals surface area (Å²) in [5, 5.41) is 0. The normalized spacial score (nSPS) is 23.5. The molecular formula is C11H19N2O4SY-. The van der Waals surface area contributed by atoms with Gasteiger partial charge >= 0.3 is 0 Å². The number of amides is 1. The first-order valence-electron chi connectivity index (χ1n) is 5.97. The van der Waals surface area contributed by atoms with Crippen LogP contribution >= 0.6 is 0 Å². The summed E-state index contributed by atoms with van der Waals surface area (Å²) in [5.41, 5.74) is 0. The van der Waals surface area contributed by atoms with Crippen LogP contribution in [-0.4, -0.2) is 38.5 Å². The van der Waals surface area contributed by atoms with Crippen molar-refractivity contribution in [1.29, 1.82) is 0 Å². The molecule has 0 bridgehead atoms. The third kappa shape index (κ3) is 5.98. The Bertz CT molecular complexity index is 405. The number of carbonyl (C=O) groups is 1. The van der Waals surface area contributed by atoms with E-state index in [0.717, 1.165) is 30.0 Å². The smallest absolute Gasteiger partial charge is 0.273 e. The Labute approximate surface area is 139 Å². The summed E-state index contributed by atoms with van der Waals surface area (Å²) >= 11 is 0. The summed E-state index contributed by atoms with van der Waals surface area (Å²) in [6, 6.07) is 0. The molecule has 1 rings (SSSR count). The number of Topliss-reactive ketones (excluding diaryl/α,β-unsaturated/α-hetero) is 1. The maximum atomic E-state index is 11.5. The summed E-state index contributed by atoms with van der Waals surface area (Å²) < 4.78 is 25.7. The summed E-state index contributed by atoms with van der Waals surface area (Å²) in [6.45, 7) is 1.97. The van der Waals surface area contributed by atoms with Gasteiger partial charge in [0, 0.05) is 52.2 Å². The number of rotatable bonds is 6. The molecule has 0 aromatic carbocycles. The van der Waals surface area contributed by atoms with E-state index < -0.39 is 10.2 Å². The van der Waals surface area contributed by atoms with Crippen molar-refractivity contribution >= 4 is 22.4 Å². The van der Waals surface area contributed by atoms with E-state index in [4.69, 9.17) is 0 Å². The minimum atomic E-state index is -3.75. The molecule has 0 unspecified atom stereocenters. The first kappa shape index (κ1) is 19.2. The molecular weight excluding hydrogens is 345 g/mol. The predicted octanol–water partition coefficient (Wildman–Crippen LogP) is 0.213. The van der Waals surface area contributed by atoms with E-state index in [1.165, 1.54) is 13.5 Å². The van der Waals surface area contributed by atoms with Gasteiger partial charge in [0.2, 0.25) is 0 Å². The monoisotopic (exact) mass is 364 g/mol. The number of nitrogens with one attached hydrogen (secondary N) is 1. The molecule has 0 aromatic rings. The van der Waals surface area contributed by atoms with Crippen molar-refractivity contribution in [1.82, 2.24) is 9.03 Å². The molecule has 1 aliphatic carbocycles. The van der Waals surface area contributed by atoms with E-state index in [1.807, 2.05) is 0 Å². The average molecular weight is 364 g/mol. The standard InChI is InChI=1S/C11H19N2O4S.Y/c1-9(15)11-5-3-10(4-6-11)7-13(2)18(16,17)12-8-14;/h10-11H,3-7H2,1-2H3,(H,12,14);/q-1;. The van der Waals surface area contributed by atoms with Crippen LogP contribution < -0.4 is 4.72 Å². The summed E-state index contributed by atoms with van der Waals surface area (Å²) in [6.07, 6.45) is 4.50. The number of hydrogen-bond acceptors (Lipinski definition) is 4. The van der Waals surface area contributed by atoms with Crippen molar-refractivity contribution in [3.63, 3.8) is 0 Å². The summed E-state index contributed by atoms with van der Waals surface area (Å²) in [7, 11) is -2.32. The van der Waals surface area contributed by atoms with Gasteiger partial charge in [-0.1, -0.05) is 0 Å². The van der Waals surface area contributed by atoms with Crippen molar-refractivity contribution in [2.75, 3.05) is 13.6 Å². The molecule has 0 aliphatic heterocycles. The van der Waals surface area contributed by atoms with Crippen molar-refractivity contribution in [2.24, 2.45) is 11.8 Å². The first-order chi connectivity index (χ1) is 8.36. The van der Waals surface area contributed by atoms with Crippen molar-refractivity contribution in [3.8, 4) is 0 Å². The van der Waals surface area contributed by atoms with E-state index in [2.05, 4.69) is 0 Å². The molecule has 0 spiro atoms. The Morgan fingerprint density at radius 2 is 1.84 bits per heavy atom. The zero-order valence-corrected chi connectivity index (χ0v) is 14.9. The molecule has 1 fully saturated rings. The summed E-state index contributed by atoms with van der Waals surface area (Å²) in [5.74, 6) is 0.588. The Kier molecular flexibility index (Phi) is 8.51. The molecule has 107 valence electrons. The molecule has 0 heterocycles. The van der Waals surface area contributed by atoms with Crippen molar-refractivity contribution < 1.29 is 50.7 Å². The Hall–Kier alpha value is 0.154. The van der Waals surface area contributed by atoms with E-state index in [-0.39, 0.29) is 50.3 Å². The van der Waals surface area contributed by atoms with Gasteiger partial charge in [0.1, 0.15) is 5.78 Å². The zero-order chi connectivity index (χ0) is 13.8. The van der Waals surface area contributed by atoms with Crippen LogP contribution in [0.4, 0.5) is 0 Å². The van der Waals surface area contributed by atoms with E-state index in [9.17, 15) is 18.0 Å². The van der Waals surface area contributed by atoms with Gasteiger partial charge in [0.25, 0.3) is 10.2 Å². The van der Waals surface area contributed by atoms with Crippen LogP contribution in [0.15, 0.2) is 0 Å². The molecule has 0 aromatic heterocycles. The van der Waals surface area contributed by atoms with Gasteiger partial charge in [-0.2, -0.15) is 19.1 Å². The van der Waals surface area contributed by atoms with Crippen molar-refractivity contribution in [3.05, 3.63) is 0 Å². The Morgan fingerprint density at radius 3 is 2.26 bits per heavy atom. The van der Waals surface area contributed by atoms with Crippen LogP contribution in [0, 0.1) is 11.8 Å². The fourth-order valence-corrected chi connectivity index (χ4v) is 3.01. The second kappa shape index (κ2) is 8.44. The topological polar surface area (TPSA) is 83.6 Å². The second-order valence-electron chi connectivity index (χ2n) is 4.82. The van der Waals surface area contributed by atoms with Gasteiger partial charge < -0.3 is 9.52 Å². The zero-order valence-electron chi connectivity index (χ0n) is 11.3. The van der Waals surface area contributed by atoms with Crippen LogP contribution in [0.1, 0.15) is 32.6 Å². The molecule has 0 saturated heterocycles. The van der Waals surface area contributed by atoms with Gasteiger partial charge in [0.15, 0.2) is 0 Å². The Morgan fingerprint density at radius 1 is 1.32 bits per heavy atom. The molecule has 1 aliphatic rings. The van der Waals surface area contributed by atoms with Crippen LogP contribution in [0.5, 0.6) is 0 Å². The quantitative estimate of drug-likeness (QED) is 0.540. The number of ketones is 1. The third-order valence-corrected chi connectivity index (χ3v) is 4.83. The van der Waals surface area contributed by atoms with E-state index in [1.54, 1.807) is 11.6 Å². The van der Waals surface area contributed by atoms with Crippen LogP contribution in [0.2, 0.25) is 0 Å². The van der Waals surface area contributed by atoms with Crippen LogP contribution in [0.3, 0.4) is 0 Å². The van der Waals surface area contributed by atoms with Crippen LogP contribution in [-0.2, 0) is 52.5 Å². The SMILES string of the molecule is CC(=O)C1CCC(CN(C)S(=O)(=O)N[C-]=O)CC1.[Y]. The molecule has 1 radical (unpaired) electrons.